The highest BCUT2D eigenvalue weighted by molar-refractivity contribution is 6.01. The number of amides is 1. The van der Waals surface area contributed by atoms with Crippen LogP contribution in [0.3, 0.4) is 0 Å². The first kappa shape index (κ1) is 25.7. The predicted molar refractivity (Wildman–Crippen MR) is 161 cm³/mol. The summed E-state index contributed by atoms with van der Waals surface area (Å²) in [6.45, 7) is 1.58. The maximum absolute atomic E-state index is 13.9. The topological polar surface area (TPSA) is 81.8 Å². The van der Waals surface area contributed by atoms with E-state index < -0.39 is 5.54 Å². The summed E-state index contributed by atoms with van der Waals surface area (Å²) in [6, 6.07) is 17.8. The van der Waals surface area contributed by atoms with Crippen molar-refractivity contribution in [3.05, 3.63) is 83.3 Å². The molecule has 3 heterocycles. The molecule has 1 amide bonds. The van der Waals surface area contributed by atoms with E-state index in [-0.39, 0.29) is 11.7 Å². The molecule has 2 aliphatic rings. The SMILES string of the molecule is CC(=O)c1ccc2nc(C3(NC(=O)c4ccc5c(C6CCCC6)c(-c6ccccn6)n(C)c5c4)CCC3)n(C)c2c1. The number of imidazole rings is 1. The van der Waals surface area contributed by atoms with Crippen molar-refractivity contribution in [1.29, 1.82) is 0 Å². The van der Waals surface area contributed by atoms with Crippen molar-refractivity contribution in [2.24, 2.45) is 14.1 Å². The highest BCUT2D eigenvalue weighted by atomic mass is 16.2. The van der Waals surface area contributed by atoms with Gasteiger partial charge in [-0.1, -0.05) is 25.0 Å². The maximum Gasteiger partial charge on any atom is 0.252 e. The molecule has 7 nitrogen and oxygen atoms in total. The Balaban J connectivity index is 1.27. The van der Waals surface area contributed by atoms with Gasteiger partial charge in [0.25, 0.3) is 5.91 Å². The number of benzene rings is 2. The van der Waals surface area contributed by atoms with Gasteiger partial charge in [-0.2, -0.15) is 0 Å². The molecule has 1 N–H and O–H groups in total. The molecule has 208 valence electrons. The van der Waals surface area contributed by atoms with Gasteiger partial charge in [-0.15, -0.1) is 0 Å². The Morgan fingerprint density at radius 2 is 1.66 bits per heavy atom. The lowest BCUT2D eigenvalue weighted by molar-refractivity contribution is 0.0805. The number of Topliss-reactive ketones (excluding diaryl/α,β-unsaturated/α-hetero) is 1. The Kier molecular flexibility index (Phi) is 6.07. The van der Waals surface area contributed by atoms with E-state index >= 15 is 0 Å². The van der Waals surface area contributed by atoms with Crippen LogP contribution >= 0.6 is 0 Å². The number of aromatic nitrogens is 4. The van der Waals surface area contributed by atoms with E-state index in [2.05, 4.69) is 29.1 Å². The second kappa shape index (κ2) is 9.68. The minimum atomic E-state index is -0.529. The minimum Gasteiger partial charge on any atom is -0.342 e. The fourth-order valence-corrected chi connectivity index (χ4v) is 7.11. The smallest absolute Gasteiger partial charge is 0.252 e. The Bertz CT molecular complexity index is 1820. The Hall–Kier alpha value is -4.26. The van der Waals surface area contributed by atoms with E-state index in [9.17, 15) is 9.59 Å². The van der Waals surface area contributed by atoms with Crippen LogP contribution in [0.25, 0.3) is 33.3 Å². The third-order valence-electron chi connectivity index (χ3n) is 9.45. The van der Waals surface area contributed by atoms with Crippen LogP contribution in [0.15, 0.2) is 60.8 Å². The number of ketones is 1. The molecule has 41 heavy (non-hydrogen) atoms. The number of carbonyl (C=O) groups excluding carboxylic acids is 2. The lowest BCUT2D eigenvalue weighted by atomic mass is 9.75. The van der Waals surface area contributed by atoms with Gasteiger partial charge in [-0.05, 0) is 93.0 Å². The van der Waals surface area contributed by atoms with E-state index in [4.69, 9.17) is 9.97 Å². The van der Waals surface area contributed by atoms with Crippen LogP contribution in [0.5, 0.6) is 0 Å². The van der Waals surface area contributed by atoms with Crippen molar-refractivity contribution in [3.8, 4) is 11.4 Å². The van der Waals surface area contributed by atoms with Crippen LogP contribution in [-0.2, 0) is 19.6 Å². The van der Waals surface area contributed by atoms with Crippen molar-refractivity contribution in [2.45, 2.75) is 63.3 Å². The van der Waals surface area contributed by atoms with Gasteiger partial charge in [0.1, 0.15) is 5.82 Å². The molecule has 0 bridgehead atoms. The minimum absolute atomic E-state index is 0.0275. The average molecular weight is 546 g/mol. The maximum atomic E-state index is 13.9. The van der Waals surface area contributed by atoms with Crippen molar-refractivity contribution in [3.63, 3.8) is 0 Å². The first-order chi connectivity index (χ1) is 19.9. The van der Waals surface area contributed by atoms with Crippen LogP contribution in [0.1, 0.15) is 89.9 Å². The first-order valence-corrected chi connectivity index (χ1v) is 14.7. The molecular weight excluding hydrogens is 510 g/mol. The number of pyridine rings is 1. The lowest BCUT2D eigenvalue weighted by Gasteiger charge is -2.41. The van der Waals surface area contributed by atoms with Gasteiger partial charge < -0.3 is 14.5 Å². The van der Waals surface area contributed by atoms with Crippen molar-refractivity contribution in [2.75, 3.05) is 0 Å². The first-order valence-electron chi connectivity index (χ1n) is 14.7. The summed E-state index contributed by atoms with van der Waals surface area (Å²) in [5, 5.41) is 4.60. The normalized spacial score (nSPS) is 16.8. The molecule has 0 unspecified atom stereocenters. The Labute approximate surface area is 239 Å². The second-order valence-electron chi connectivity index (χ2n) is 11.9. The number of hydrogen-bond acceptors (Lipinski definition) is 4. The number of nitrogens with zero attached hydrogens (tertiary/aromatic N) is 4. The lowest BCUT2D eigenvalue weighted by Crippen LogP contribution is -2.52. The fourth-order valence-electron chi connectivity index (χ4n) is 7.11. The number of rotatable bonds is 6. The number of nitrogens with one attached hydrogen (secondary N) is 1. The molecule has 7 heteroatoms. The Morgan fingerprint density at radius 1 is 0.902 bits per heavy atom. The summed E-state index contributed by atoms with van der Waals surface area (Å²) in [5.74, 6) is 1.29. The fraction of sp³-hybridized carbons (Fsp3) is 0.353. The average Bonchev–Trinajstić information content (AvgIpc) is 3.68. The quantitative estimate of drug-likeness (QED) is 0.238. The van der Waals surface area contributed by atoms with Gasteiger partial charge in [0.15, 0.2) is 5.78 Å². The van der Waals surface area contributed by atoms with Crippen LogP contribution in [0.4, 0.5) is 0 Å². The third kappa shape index (κ3) is 4.09. The summed E-state index contributed by atoms with van der Waals surface area (Å²) in [7, 11) is 4.06. The summed E-state index contributed by atoms with van der Waals surface area (Å²) in [6.07, 6.45) is 9.43. The van der Waals surface area contributed by atoms with Crippen molar-refractivity contribution in [1.82, 2.24) is 24.4 Å². The summed E-state index contributed by atoms with van der Waals surface area (Å²) in [5.41, 5.74) is 7.07. The van der Waals surface area contributed by atoms with E-state index in [1.807, 2.05) is 60.3 Å². The molecule has 5 aromatic rings. The van der Waals surface area contributed by atoms with Gasteiger partial charge in [-0.3, -0.25) is 14.6 Å². The van der Waals surface area contributed by atoms with Crippen molar-refractivity contribution >= 4 is 33.6 Å². The molecular formula is C34H35N5O2. The van der Waals surface area contributed by atoms with Gasteiger partial charge in [0, 0.05) is 42.3 Å². The molecule has 2 aromatic carbocycles. The molecule has 2 saturated carbocycles. The molecule has 0 radical (unpaired) electrons. The van der Waals surface area contributed by atoms with Crippen LogP contribution in [0, 0.1) is 0 Å². The molecule has 3 aromatic heterocycles. The zero-order chi connectivity index (χ0) is 28.3. The van der Waals surface area contributed by atoms with Gasteiger partial charge in [0.2, 0.25) is 0 Å². The highest BCUT2D eigenvalue weighted by Crippen LogP contribution is 2.45. The van der Waals surface area contributed by atoms with E-state index in [0.717, 1.165) is 53.0 Å². The third-order valence-corrected chi connectivity index (χ3v) is 9.45. The summed E-state index contributed by atoms with van der Waals surface area (Å²) >= 11 is 0. The molecule has 7 rings (SSSR count). The molecule has 0 atom stereocenters. The van der Waals surface area contributed by atoms with Crippen molar-refractivity contribution < 1.29 is 9.59 Å². The van der Waals surface area contributed by atoms with E-state index in [0.29, 0.717) is 17.0 Å². The Morgan fingerprint density at radius 3 is 2.34 bits per heavy atom. The standard InChI is InChI=1S/C34H35N5O2/c1-21(40)23-13-15-26-29(19-23)39(3)33(36-26)34(16-8-17-34)37-32(41)24-12-14-25-28(20-24)38(2)31(27-11-6-7-18-35-27)30(25)22-9-4-5-10-22/h6-7,11-15,18-20,22H,4-5,8-10,16-17H2,1-3H3,(H,37,41). The number of aryl methyl sites for hydroxylation is 2. The van der Waals surface area contributed by atoms with E-state index in [1.165, 1.54) is 36.6 Å². The number of fused-ring (bicyclic) bond motifs is 2. The van der Waals surface area contributed by atoms with E-state index in [1.54, 1.807) is 6.92 Å². The monoisotopic (exact) mass is 545 g/mol. The predicted octanol–water partition coefficient (Wildman–Crippen LogP) is 6.80. The van der Waals surface area contributed by atoms with Gasteiger partial charge in [-0.25, -0.2) is 4.98 Å². The number of hydrogen-bond donors (Lipinski definition) is 1. The molecule has 2 aliphatic carbocycles. The molecule has 0 aliphatic heterocycles. The second-order valence-corrected chi connectivity index (χ2v) is 11.9. The highest BCUT2D eigenvalue weighted by Gasteiger charge is 2.44. The van der Waals surface area contributed by atoms with Crippen LogP contribution in [-0.4, -0.2) is 30.8 Å². The zero-order valence-electron chi connectivity index (χ0n) is 23.9. The molecule has 0 saturated heterocycles. The summed E-state index contributed by atoms with van der Waals surface area (Å²) < 4.78 is 4.26. The summed E-state index contributed by atoms with van der Waals surface area (Å²) in [4.78, 5) is 35.5. The largest absolute Gasteiger partial charge is 0.342 e. The van der Waals surface area contributed by atoms with Gasteiger partial charge in [0.05, 0.1) is 28.0 Å². The zero-order valence-corrected chi connectivity index (χ0v) is 23.9. The molecule has 2 fully saturated rings. The molecule has 0 spiro atoms. The van der Waals surface area contributed by atoms with Gasteiger partial charge >= 0.3 is 0 Å². The van der Waals surface area contributed by atoms with Crippen LogP contribution < -0.4 is 5.32 Å². The number of carbonyl (C=O) groups is 2. The van der Waals surface area contributed by atoms with Crippen LogP contribution in [0.2, 0.25) is 0 Å².